The molecule has 1 aromatic carbocycles. The van der Waals surface area contributed by atoms with Crippen molar-refractivity contribution in [1.82, 2.24) is 25.3 Å². The van der Waals surface area contributed by atoms with Crippen LogP contribution in [-0.4, -0.2) is 60.5 Å². The highest BCUT2D eigenvalue weighted by Gasteiger charge is 2.27. The molecule has 1 aromatic heterocycles. The summed E-state index contributed by atoms with van der Waals surface area (Å²) in [7, 11) is 2.01. The Balaban J connectivity index is 1.30. The van der Waals surface area contributed by atoms with Crippen LogP contribution in [0, 0.1) is 11.7 Å². The van der Waals surface area contributed by atoms with Gasteiger partial charge in [-0.2, -0.15) is 5.10 Å². The summed E-state index contributed by atoms with van der Waals surface area (Å²) < 4.78 is 17.2. The predicted molar refractivity (Wildman–Crippen MR) is 120 cm³/mol. The summed E-state index contributed by atoms with van der Waals surface area (Å²) in [5.74, 6) is 1.52. The number of nitrogens with one attached hydrogen (secondary N) is 2. The molecule has 5 rings (SSSR count). The maximum absolute atomic E-state index is 15.3. The number of aromatic nitrogens is 2. The Morgan fingerprint density at radius 1 is 1.00 bits per heavy atom. The molecular formula is C24H36FN5. The SMILES string of the molecule is Cn1nc(C2CCCNC2)c2cc(F)c(C3CCN(CC4CCNCC4)CC3)cc21. The number of fused-ring (bicyclic) bond motifs is 1. The Hall–Kier alpha value is -1.50. The minimum Gasteiger partial charge on any atom is -0.317 e. The van der Waals surface area contributed by atoms with Crippen LogP contribution in [0.5, 0.6) is 0 Å². The third-order valence-electron chi connectivity index (χ3n) is 7.68. The third-order valence-corrected chi connectivity index (χ3v) is 7.68. The fraction of sp³-hybridized carbons (Fsp3) is 0.708. The molecule has 2 aromatic rings. The first-order valence-corrected chi connectivity index (χ1v) is 12.0. The molecule has 0 aliphatic carbocycles. The fourth-order valence-electron chi connectivity index (χ4n) is 5.88. The van der Waals surface area contributed by atoms with Crippen LogP contribution >= 0.6 is 0 Å². The van der Waals surface area contributed by atoms with Gasteiger partial charge in [0.1, 0.15) is 5.82 Å². The molecule has 3 saturated heterocycles. The Morgan fingerprint density at radius 3 is 2.53 bits per heavy atom. The summed E-state index contributed by atoms with van der Waals surface area (Å²) in [6.45, 7) is 7.76. The standard InChI is InChI=1S/C24H36FN5/c1-29-23-14-20(18-6-11-30(12-7-18)16-17-4-9-26-10-5-17)22(25)13-21(23)24(28-29)19-3-2-8-27-15-19/h13-14,17-19,26-27H,2-12,15-16H2,1H3. The van der Waals surface area contributed by atoms with Gasteiger partial charge in [0.2, 0.25) is 0 Å². The molecule has 0 saturated carbocycles. The van der Waals surface area contributed by atoms with Crippen molar-refractivity contribution in [3.63, 3.8) is 0 Å². The second-order valence-electron chi connectivity index (χ2n) is 9.71. The van der Waals surface area contributed by atoms with E-state index in [-0.39, 0.29) is 5.82 Å². The van der Waals surface area contributed by atoms with E-state index in [1.165, 1.54) is 25.8 Å². The zero-order valence-electron chi connectivity index (χ0n) is 18.3. The van der Waals surface area contributed by atoms with Crippen LogP contribution in [-0.2, 0) is 7.05 Å². The van der Waals surface area contributed by atoms with Gasteiger partial charge in [-0.15, -0.1) is 0 Å². The van der Waals surface area contributed by atoms with Crippen molar-refractivity contribution in [2.45, 2.75) is 50.4 Å². The average molecular weight is 414 g/mol. The molecule has 6 heteroatoms. The van der Waals surface area contributed by atoms with E-state index in [1.54, 1.807) is 6.07 Å². The van der Waals surface area contributed by atoms with Crippen molar-refractivity contribution in [1.29, 1.82) is 0 Å². The second kappa shape index (κ2) is 8.93. The summed E-state index contributed by atoms with van der Waals surface area (Å²) in [6.07, 6.45) is 7.02. The van der Waals surface area contributed by atoms with Crippen molar-refractivity contribution in [3.05, 3.63) is 29.2 Å². The molecule has 164 valence electrons. The summed E-state index contributed by atoms with van der Waals surface area (Å²) >= 11 is 0. The van der Waals surface area contributed by atoms with Gasteiger partial charge in [0.05, 0.1) is 11.2 Å². The lowest BCUT2D eigenvalue weighted by Crippen LogP contribution is -2.40. The molecule has 2 N–H and O–H groups in total. The van der Waals surface area contributed by atoms with Crippen LogP contribution in [0.3, 0.4) is 0 Å². The van der Waals surface area contributed by atoms with E-state index in [1.807, 2.05) is 11.7 Å². The number of hydrogen-bond acceptors (Lipinski definition) is 4. The largest absolute Gasteiger partial charge is 0.317 e. The van der Waals surface area contributed by atoms with Gasteiger partial charge in [0, 0.05) is 31.4 Å². The van der Waals surface area contributed by atoms with Gasteiger partial charge in [-0.3, -0.25) is 4.68 Å². The predicted octanol–water partition coefficient (Wildman–Crippen LogP) is 3.36. The van der Waals surface area contributed by atoms with Gasteiger partial charge in [0.15, 0.2) is 0 Å². The fourth-order valence-corrected chi connectivity index (χ4v) is 5.88. The number of aryl methyl sites for hydroxylation is 1. The lowest BCUT2D eigenvalue weighted by atomic mass is 9.87. The lowest BCUT2D eigenvalue weighted by molar-refractivity contribution is 0.166. The monoisotopic (exact) mass is 413 g/mol. The minimum atomic E-state index is -0.0303. The van der Waals surface area contributed by atoms with Crippen molar-refractivity contribution >= 4 is 10.9 Å². The van der Waals surface area contributed by atoms with E-state index in [4.69, 9.17) is 5.10 Å². The zero-order chi connectivity index (χ0) is 20.5. The van der Waals surface area contributed by atoms with E-state index < -0.39 is 0 Å². The molecule has 3 aliphatic heterocycles. The van der Waals surface area contributed by atoms with E-state index in [0.717, 1.165) is 86.6 Å². The zero-order valence-corrected chi connectivity index (χ0v) is 18.3. The summed E-state index contributed by atoms with van der Waals surface area (Å²) in [5.41, 5.74) is 3.06. The van der Waals surface area contributed by atoms with Crippen LogP contribution < -0.4 is 10.6 Å². The van der Waals surface area contributed by atoms with E-state index >= 15 is 4.39 Å². The van der Waals surface area contributed by atoms with Crippen LogP contribution in [0.2, 0.25) is 0 Å². The highest BCUT2D eigenvalue weighted by molar-refractivity contribution is 5.83. The van der Waals surface area contributed by atoms with Gasteiger partial charge in [-0.25, -0.2) is 4.39 Å². The summed E-state index contributed by atoms with van der Waals surface area (Å²) in [4.78, 5) is 2.61. The first-order chi connectivity index (χ1) is 14.7. The Kier molecular flexibility index (Phi) is 6.07. The van der Waals surface area contributed by atoms with Gasteiger partial charge in [-0.1, -0.05) is 0 Å². The second-order valence-corrected chi connectivity index (χ2v) is 9.71. The van der Waals surface area contributed by atoms with Crippen LogP contribution in [0.1, 0.15) is 61.6 Å². The van der Waals surface area contributed by atoms with Crippen LogP contribution in [0.4, 0.5) is 4.39 Å². The number of likely N-dealkylation sites (tertiary alicyclic amines) is 1. The van der Waals surface area contributed by atoms with Crippen molar-refractivity contribution < 1.29 is 4.39 Å². The molecule has 0 spiro atoms. The normalized spacial score (nSPS) is 25.2. The number of nitrogens with zero attached hydrogens (tertiary/aromatic N) is 3. The maximum Gasteiger partial charge on any atom is 0.127 e. The molecule has 1 unspecified atom stereocenters. The molecule has 5 nitrogen and oxygen atoms in total. The van der Waals surface area contributed by atoms with E-state index in [2.05, 4.69) is 21.6 Å². The van der Waals surface area contributed by atoms with Gasteiger partial charge in [-0.05, 0) is 101 Å². The first-order valence-electron chi connectivity index (χ1n) is 12.0. The number of hydrogen-bond donors (Lipinski definition) is 2. The Morgan fingerprint density at radius 2 is 1.80 bits per heavy atom. The van der Waals surface area contributed by atoms with Crippen molar-refractivity contribution in [2.24, 2.45) is 13.0 Å². The van der Waals surface area contributed by atoms with Gasteiger partial charge < -0.3 is 15.5 Å². The quantitative estimate of drug-likeness (QED) is 0.807. The van der Waals surface area contributed by atoms with E-state index in [0.29, 0.717) is 11.8 Å². The van der Waals surface area contributed by atoms with Gasteiger partial charge in [0.25, 0.3) is 0 Å². The molecule has 0 bridgehead atoms. The average Bonchev–Trinajstić information content (AvgIpc) is 3.10. The highest BCUT2D eigenvalue weighted by Crippen LogP contribution is 2.36. The molecule has 3 aliphatic rings. The highest BCUT2D eigenvalue weighted by atomic mass is 19.1. The number of halogens is 1. The molecule has 1 atom stereocenters. The summed E-state index contributed by atoms with van der Waals surface area (Å²) in [6, 6.07) is 3.88. The first kappa shape index (κ1) is 20.4. The number of benzene rings is 1. The number of rotatable bonds is 4. The van der Waals surface area contributed by atoms with Crippen LogP contribution in [0.15, 0.2) is 12.1 Å². The molecule has 0 radical (unpaired) electrons. The molecule has 3 fully saturated rings. The van der Waals surface area contributed by atoms with E-state index in [9.17, 15) is 0 Å². The maximum atomic E-state index is 15.3. The molecule has 0 amide bonds. The molecule has 30 heavy (non-hydrogen) atoms. The Bertz CT molecular complexity index is 858. The lowest BCUT2D eigenvalue weighted by Gasteiger charge is -2.35. The van der Waals surface area contributed by atoms with Crippen molar-refractivity contribution in [2.75, 3.05) is 45.8 Å². The third kappa shape index (κ3) is 4.14. The van der Waals surface area contributed by atoms with Crippen molar-refractivity contribution in [3.8, 4) is 0 Å². The summed E-state index contributed by atoms with van der Waals surface area (Å²) in [5, 5.41) is 12.7. The minimum absolute atomic E-state index is 0.0303. The smallest absolute Gasteiger partial charge is 0.127 e. The Labute approximate surface area is 179 Å². The molecule has 4 heterocycles. The number of piperidine rings is 3. The van der Waals surface area contributed by atoms with Gasteiger partial charge >= 0.3 is 0 Å². The van der Waals surface area contributed by atoms with Crippen LogP contribution in [0.25, 0.3) is 10.9 Å². The molecular weight excluding hydrogens is 377 g/mol. The topological polar surface area (TPSA) is 45.1 Å².